The highest BCUT2D eigenvalue weighted by Crippen LogP contribution is 2.18. The van der Waals surface area contributed by atoms with Crippen LogP contribution in [-0.4, -0.2) is 42.8 Å². The molecule has 0 aliphatic rings. The average Bonchev–Trinajstić information content (AvgIpc) is 2.39. The van der Waals surface area contributed by atoms with Crippen LogP contribution in [0.1, 0.15) is 12.8 Å². The molecule has 7 nitrogen and oxygen atoms in total. The van der Waals surface area contributed by atoms with E-state index in [0.717, 1.165) is 4.31 Å². The molecule has 8 heteroatoms. The third-order valence-corrected chi connectivity index (χ3v) is 4.69. The molecular weight excluding hydrogens is 284 g/mol. The zero-order valence-corrected chi connectivity index (χ0v) is 11.7. The van der Waals surface area contributed by atoms with Crippen LogP contribution in [0, 0.1) is 0 Å². The number of hydrogen-bond donors (Lipinski definition) is 2. The summed E-state index contributed by atoms with van der Waals surface area (Å²) in [4.78, 5) is 21.9. The summed E-state index contributed by atoms with van der Waals surface area (Å²) in [5.41, 5.74) is 4.96. The van der Waals surface area contributed by atoms with Gasteiger partial charge in [0.2, 0.25) is 15.9 Å². The van der Waals surface area contributed by atoms with Gasteiger partial charge in [0.25, 0.3) is 0 Å². The van der Waals surface area contributed by atoms with Gasteiger partial charge in [-0.15, -0.1) is 0 Å². The Bertz CT molecular complexity index is 585. The van der Waals surface area contributed by atoms with Crippen molar-refractivity contribution < 1.29 is 23.1 Å². The normalized spacial score (nSPS) is 13.1. The van der Waals surface area contributed by atoms with Gasteiger partial charge in [-0.3, -0.25) is 9.59 Å². The fraction of sp³-hybridized carbons (Fsp3) is 0.333. The lowest BCUT2D eigenvalue weighted by Crippen LogP contribution is -2.42. The SMILES string of the molecule is CN(C(CCC(N)=O)C(=O)O)S(=O)(=O)c1ccccc1. The number of primary amides is 1. The van der Waals surface area contributed by atoms with Crippen molar-refractivity contribution in [1.29, 1.82) is 0 Å². The number of amides is 1. The largest absolute Gasteiger partial charge is 0.480 e. The number of likely N-dealkylation sites (N-methyl/N-ethyl adjacent to an activating group) is 1. The predicted molar refractivity (Wildman–Crippen MR) is 71.2 cm³/mol. The number of rotatable bonds is 7. The number of carbonyl (C=O) groups excluding carboxylic acids is 1. The highest BCUT2D eigenvalue weighted by molar-refractivity contribution is 7.89. The second-order valence-electron chi connectivity index (χ2n) is 4.19. The van der Waals surface area contributed by atoms with Crippen LogP contribution in [0.15, 0.2) is 35.2 Å². The van der Waals surface area contributed by atoms with Crippen molar-refractivity contribution in [2.24, 2.45) is 5.73 Å². The van der Waals surface area contributed by atoms with Crippen LogP contribution in [0.3, 0.4) is 0 Å². The molecule has 0 fully saturated rings. The lowest BCUT2D eigenvalue weighted by molar-refractivity contribution is -0.141. The number of carboxylic acids is 1. The van der Waals surface area contributed by atoms with E-state index in [-0.39, 0.29) is 17.7 Å². The summed E-state index contributed by atoms with van der Waals surface area (Å²) < 4.78 is 25.3. The number of benzene rings is 1. The minimum Gasteiger partial charge on any atom is -0.480 e. The molecule has 0 saturated carbocycles. The van der Waals surface area contributed by atoms with Crippen molar-refractivity contribution in [2.75, 3.05) is 7.05 Å². The summed E-state index contributed by atoms with van der Waals surface area (Å²) in [6.07, 6.45) is -0.376. The van der Waals surface area contributed by atoms with Crippen molar-refractivity contribution in [2.45, 2.75) is 23.8 Å². The maximum atomic E-state index is 12.3. The summed E-state index contributed by atoms with van der Waals surface area (Å²) in [7, 11) is -2.76. The average molecular weight is 300 g/mol. The van der Waals surface area contributed by atoms with Crippen LogP contribution < -0.4 is 5.73 Å². The minimum atomic E-state index is -3.93. The molecule has 0 bridgehead atoms. The van der Waals surface area contributed by atoms with Crippen LogP contribution in [0.25, 0.3) is 0 Å². The van der Waals surface area contributed by atoms with E-state index in [9.17, 15) is 18.0 Å². The highest BCUT2D eigenvalue weighted by Gasteiger charge is 2.32. The van der Waals surface area contributed by atoms with Crippen molar-refractivity contribution >= 4 is 21.9 Å². The van der Waals surface area contributed by atoms with Crippen molar-refractivity contribution in [3.05, 3.63) is 30.3 Å². The molecular formula is C12H16N2O5S. The van der Waals surface area contributed by atoms with Gasteiger partial charge < -0.3 is 10.8 Å². The molecule has 1 aromatic carbocycles. The van der Waals surface area contributed by atoms with Crippen LogP contribution in [0.5, 0.6) is 0 Å². The second-order valence-corrected chi connectivity index (χ2v) is 6.19. The maximum absolute atomic E-state index is 12.3. The Labute approximate surface area is 117 Å². The van der Waals surface area contributed by atoms with Gasteiger partial charge in [0, 0.05) is 13.5 Å². The molecule has 1 atom stereocenters. The lowest BCUT2D eigenvalue weighted by Gasteiger charge is -2.23. The smallest absolute Gasteiger partial charge is 0.322 e. The van der Waals surface area contributed by atoms with Gasteiger partial charge in [-0.2, -0.15) is 4.31 Å². The molecule has 0 aliphatic heterocycles. The van der Waals surface area contributed by atoms with E-state index in [1.54, 1.807) is 18.2 Å². The van der Waals surface area contributed by atoms with Gasteiger partial charge in [-0.05, 0) is 18.6 Å². The third kappa shape index (κ3) is 3.78. The first-order chi connectivity index (χ1) is 9.26. The highest BCUT2D eigenvalue weighted by atomic mass is 32.2. The Balaban J connectivity index is 3.03. The van der Waals surface area contributed by atoms with Gasteiger partial charge in [-0.1, -0.05) is 18.2 Å². The third-order valence-electron chi connectivity index (χ3n) is 2.81. The zero-order valence-electron chi connectivity index (χ0n) is 10.9. The first-order valence-electron chi connectivity index (χ1n) is 5.81. The summed E-state index contributed by atoms with van der Waals surface area (Å²) in [6, 6.07) is 6.14. The lowest BCUT2D eigenvalue weighted by atomic mass is 10.1. The van der Waals surface area contributed by atoms with E-state index in [0.29, 0.717) is 0 Å². The fourth-order valence-corrected chi connectivity index (χ4v) is 3.03. The van der Waals surface area contributed by atoms with Crippen molar-refractivity contribution in [3.63, 3.8) is 0 Å². The Morgan fingerprint density at radius 3 is 2.30 bits per heavy atom. The Morgan fingerprint density at radius 1 is 1.30 bits per heavy atom. The van der Waals surface area contributed by atoms with Crippen LogP contribution >= 0.6 is 0 Å². The molecule has 3 N–H and O–H groups in total. The van der Waals surface area contributed by atoms with E-state index in [2.05, 4.69) is 0 Å². The summed E-state index contributed by atoms with van der Waals surface area (Å²) in [6.45, 7) is 0. The zero-order chi connectivity index (χ0) is 15.3. The Morgan fingerprint density at radius 2 is 1.85 bits per heavy atom. The van der Waals surface area contributed by atoms with Gasteiger partial charge in [0.15, 0.2) is 0 Å². The first-order valence-corrected chi connectivity index (χ1v) is 7.25. The summed E-state index contributed by atoms with van der Waals surface area (Å²) >= 11 is 0. The predicted octanol–water partition coefficient (Wildman–Crippen LogP) is 0.0258. The number of carbonyl (C=O) groups is 2. The summed E-state index contributed by atoms with van der Waals surface area (Å²) in [5.74, 6) is -2.00. The quantitative estimate of drug-likeness (QED) is 0.736. The van der Waals surface area contributed by atoms with E-state index in [1.165, 1.54) is 19.2 Å². The fourth-order valence-electron chi connectivity index (χ4n) is 1.67. The van der Waals surface area contributed by atoms with Gasteiger partial charge in [0.1, 0.15) is 6.04 Å². The molecule has 1 unspecified atom stereocenters. The summed E-state index contributed by atoms with van der Waals surface area (Å²) in [5, 5.41) is 9.11. The van der Waals surface area contributed by atoms with E-state index >= 15 is 0 Å². The monoisotopic (exact) mass is 300 g/mol. The second kappa shape index (κ2) is 6.49. The molecule has 1 aromatic rings. The minimum absolute atomic E-state index is 0.00664. The van der Waals surface area contributed by atoms with Crippen molar-refractivity contribution in [1.82, 2.24) is 4.31 Å². The first kappa shape index (κ1) is 16.1. The molecule has 0 aliphatic carbocycles. The standard InChI is InChI=1S/C12H16N2O5S/c1-14(10(12(16)17)7-8-11(13)15)20(18,19)9-5-3-2-4-6-9/h2-6,10H,7-8H2,1H3,(H2,13,15)(H,16,17). The van der Waals surface area contributed by atoms with E-state index in [4.69, 9.17) is 10.8 Å². The molecule has 0 saturated heterocycles. The molecule has 20 heavy (non-hydrogen) atoms. The topological polar surface area (TPSA) is 118 Å². The number of carboxylic acid groups (broad SMARTS) is 1. The molecule has 0 heterocycles. The number of nitrogens with zero attached hydrogens (tertiary/aromatic N) is 1. The number of aliphatic carboxylic acids is 1. The number of nitrogens with two attached hydrogens (primary N) is 1. The van der Waals surface area contributed by atoms with Crippen molar-refractivity contribution in [3.8, 4) is 0 Å². The van der Waals surface area contributed by atoms with Gasteiger partial charge in [-0.25, -0.2) is 8.42 Å². The number of sulfonamides is 1. The maximum Gasteiger partial charge on any atom is 0.322 e. The van der Waals surface area contributed by atoms with Crippen LogP contribution in [-0.2, 0) is 19.6 Å². The van der Waals surface area contributed by atoms with E-state index in [1.807, 2.05) is 0 Å². The molecule has 0 spiro atoms. The Kier molecular flexibility index (Phi) is 5.23. The molecule has 1 amide bonds. The van der Waals surface area contributed by atoms with E-state index < -0.39 is 27.9 Å². The van der Waals surface area contributed by atoms with Gasteiger partial charge >= 0.3 is 5.97 Å². The number of hydrogen-bond acceptors (Lipinski definition) is 4. The molecule has 1 rings (SSSR count). The molecule has 0 radical (unpaired) electrons. The van der Waals surface area contributed by atoms with Crippen LogP contribution in [0.2, 0.25) is 0 Å². The Hall–Kier alpha value is -1.93. The molecule has 0 aromatic heterocycles. The van der Waals surface area contributed by atoms with Crippen LogP contribution in [0.4, 0.5) is 0 Å². The van der Waals surface area contributed by atoms with Gasteiger partial charge in [0.05, 0.1) is 4.90 Å². The molecule has 110 valence electrons.